The highest BCUT2D eigenvalue weighted by molar-refractivity contribution is 5.77. The van der Waals surface area contributed by atoms with Gasteiger partial charge in [-0.15, -0.1) is 0 Å². The Morgan fingerprint density at radius 2 is 1.81 bits per heavy atom. The number of benzene rings is 1. The number of phenols is 1. The number of aromatic hydroxyl groups is 1. The first kappa shape index (κ1) is 24.9. The van der Waals surface area contributed by atoms with E-state index in [0.717, 1.165) is 24.3 Å². The minimum absolute atomic E-state index is 0.0821. The number of hydrogen-bond acceptors (Lipinski definition) is 4. The molecule has 1 aliphatic carbocycles. The van der Waals surface area contributed by atoms with E-state index < -0.39 is 11.7 Å². The van der Waals surface area contributed by atoms with Crippen LogP contribution in [0.25, 0.3) is 0 Å². The fourth-order valence-corrected chi connectivity index (χ4v) is 2.47. The van der Waals surface area contributed by atoms with Crippen LogP contribution in [0.15, 0.2) is 24.3 Å². The Balaban J connectivity index is 0.000000442. The molecule has 1 saturated carbocycles. The minimum atomic E-state index is -4.38. The number of amides is 1. The van der Waals surface area contributed by atoms with E-state index >= 15 is 0 Å². The first-order valence-electron chi connectivity index (χ1n) is 8.84. The maximum absolute atomic E-state index is 11.9. The average Bonchev–Trinajstić information content (AvgIpc) is 2.61. The molecule has 0 aliphatic heterocycles. The Hall–Kier alpha value is -2.09. The third kappa shape index (κ3) is 12.0. The molecule has 0 spiro atoms. The van der Waals surface area contributed by atoms with E-state index in [-0.39, 0.29) is 11.7 Å². The highest BCUT2D eigenvalue weighted by Crippen LogP contribution is 2.30. The lowest BCUT2D eigenvalue weighted by atomic mass is 9.87. The lowest BCUT2D eigenvalue weighted by molar-refractivity contribution is -0.137. The van der Waals surface area contributed by atoms with Gasteiger partial charge in [-0.2, -0.15) is 13.2 Å². The first-order chi connectivity index (χ1) is 12.6. The van der Waals surface area contributed by atoms with Gasteiger partial charge in [0.15, 0.2) is 0 Å². The maximum atomic E-state index is 11.9. The van der Waals surface area contributed by atoms with Crippen molar-refractivity contribution in [2.75, 3.05) is 13.6 Å². The number of rotatable bonds is 3. The molecule has 8 heteroatoms. The number of alkyl halides is 3. The molecule has 0 aromatic heterocycles. The monoisotopic (exact) mass is 390 g/mol. The Bertz CT molecular complexity index is 557. The zero-order valence-electron chi connectivity index (χ0n) is 16.0. The van der Waals surface area contributed by atoms with Crippen LogP contribution in [0, 0.1) is 5.92 Å². The predicted molar refractivity (Wildman–Crippen MR) is 98.3 cm³/mol. The molecular formula is C19H29F3N2O3. The van der Waals surface area contributed by atoms with Crippen LogP contribution in [0.2, 0.25) is 0 Å². The Morgan fingerprint density at radius 1 is 1.26 bits per heavy atom. The topological polar surface area (TPSA) is 78.4 Å². The summed E-state index contributed by atoms with van der Waals surface area (Å²) in [6, 6.07) is 4.49. The molecule has 3 N–H and O–H groups in total. The lowest BCUT2D eigenvalue weighted by Crippen LogP contribution is -2.39. The molecule has 0 radical (unpaired) electrons. The summed E-state index contributed by atoms with van der Waals surface area (Å²) in [7, 11) is 1.67. The molecule has 27 heavy (non-hydrogen) atoms. The Labute approximate surface area is 158 Å². The summed E-state index contributed by atoms with van der Waals surface area (Å²) in [5, 5.41) is 14.6. The highest BCUT2D eigenvalue weighted by atomic mass is 19.4. The molecule has 0 atom stereocenters. The quantitative estimate of drug-likeness (QED) is 0.690. The van der Waals surface area contributed by atoms with E-state index in [1.165, 1.54) is 38.7 Å². The van der Waals surface area contributed by atoms with Crippen molar-refractivity contribution in [3.05, 3.63) is 29.8 Å². The molecule has 1 fully saturated rings. The lowest BCUT2D eigenvalue weighted by Gasteiger charge is -2.26. The van der Waals surface area contributed by atoms with Crippen LogP contribution in [0.4, 0.5) is 13.2 Å². The second kappa shape index (κ2) is 13.1. The number of aldehydes is 1. The van der Waals surface area contributed by atoms with Gasteiger partial charge in [0.05, 0.1) is 12.1 Å². The van der Waals surface area contributed by atoms with Crippen molar-refractivity contribution in [2.45, 2.75) is 51.7 Å². The third-order valence-electron chi connectivity index (χ3n) is 4.02. The van der Waals surface area contributed by atoms with Gasteiger partial charge in [-0.3, -0.25) is 4.79 Å². The Kier molecular flexibility index (Phi) is 12.1. The fourth-order valence-electron chi connectivity index (χ4n) is 2.47. The van der Waals surface area contributed by atoms with E-state index in [1.807, 2.05) is 0 Å². The normalized spacial score (nSPS) is 18.9. The van der Waals surface area contributed by atoms with Crippen LogP contribution in [0.1, 0.15) is 45.1 Å². The molecule has 1 amide bonds. The van der Waals surface area contributed by atoms with Crippen molar-refractivity contribution in [1.82, 2.24) is 10.6 Å². The van der Waals surface area contributed by atoms with Gasteiger partial charge in [0, 0.05) is 13.1 Å². The van der Waals surface area contributed by atoms with Gasteiger partial charge in [0.2, 0.25) is 5.91 Å². The van der Waals surface area contributed by atoms with Gasteiger partial charge in [-0.25, -0.2) is 0 Å². The van der Waals surface area contributed by atoms with Gasteiger partial charge >= 0.3 is 6.18 Å². The highest BCUT2D eigenvalue weighted by Gasteiger charge is 2.30. The smallest absolute Gasteiger partial charge is 0.416 e. The molecule has 1 aromatic carbocycles. The van der Waals surface area contributed by atoms with Gasteiger partial charge in [-0.05, 0) is 56.7 Å². The number of hydrogen-bond donors (Lipinski definition) is 3. The summed E-state index contributed by atoms with van der Waals surface area (Å²) < 4.78 is 35.6. The van der Waals surface area contributed by atoms with Gasteiger partial charge in [0.25, 0.3) is 0 Å². The van der Waals surface area contributed by atoms with E-state index in [1.54, 1.807) is 7.05 Å². The van der Waals surface area contributed by atoms with Crippen LogP contribution >= 0.6 is 0 Å². The van der Waals surface area contributed by atoms with Crippen molar-refractivity contribution in [3.63, 3.8) is 0 Å². The van der Waals surface area contributed by atoms with Crippen molar-refractivity contribution in [2.24, 2.45) is 5.92 Å². The second-order valence-corrected chi connectivity index (χ2v) is 6.29. The Morgan fingerprint density at radius 3 is 2.22 bits per heavy atom. The van der Waals surface area contributed by atoms with Crippen molar-refractivity contribution in [1.29, 1.82) is 0 Å². The standard InChI is InChI=1S/C10H20N2O.C7H5F3O.C2H4O/c1-8-3-5-9(6-4-8)12-7-10(13)11-2;8-7(9,10)5-2-1-3-6(11)4-5;1-2-3/h8-9,12H,3-7H2,1-2H3,(H,11,13);1-4,11H;2H,1H3. The van der Waals surface area contributed by atoms with Gasteiger partial charge < -0.3 is 20.5 Å². The summed E-state index contributed by atoms with van der Waals surface area (Å²) in [6.07, 6.45) is 1.41. The summed E-state index contributed by atoms with van der Waals surface area (Å²) in [6.45, 7) is 4.21. The number of likely N-dealkylation sites (N-methyl/N-ethyl adjacent to an activating group) is 1. The zero-order chi connectivity index (χ0) is 20.9. The summed E-state index contributed by atoms with van der Waals surface area (Å²) >= 11 is 0. The summed E-state index contributed by atoms with van der Waals surface area (Å²) in [4.78, 5) is 19.8. The zero-order valence-corrected chi connectivity index (χ0v) is 16.0. The van der Waals surface area contributed by atoms with Crippen LogP contribution in [0.3, 0.4) is 0 Å². The average molecular weight is 390 g/mol. The number of halogens is 3. The van der Waals surface area contributed by atoms with Crippen LogP contribution in [0.5, 0.6) is 5.75 Å². The predicted octanol–water partition coefficient (Wildman–Crippen LogP) is 3.52. The number of carbonyl (C=O) groups excluding carboxylic acids is 2. The first-order valence-corrected chi connectivity index (χ1v) is 8.84. The molecular weight excluding hydrogens is 361 g/mol. The number of nitrogens with one attached hydrogen (secondary N) is 2. The molecule has 0 unspecified atom stereocenters. The van der Waals surface area contributed by atoms with E-state index in [0.29, 0.717) is 18.7 Å². The largest absolute Gasteiger partial charge is 0.508 e. The van der Waals surface area contributed by atoms with Gasteiger partial charge in [-0.1, -0.05) is 13.0 Å². The SMILES string of the molecule is CC=O.CNC(=O)CNC1CCC(C)CC1.Oc1cccc(C(F)(F)F)c1. The van der Waals surface area contributed by atoms with Gasteiger partial charge in [0.1, 0.15) is 12.0 Å². The summed E-state index contributed by atoms with van der Waals surface area (Å²) in [5.41, 5.74) is -0.836. The van der Waals surface area contributed by atoms with Crippen LogP contribution < -0.4 is 10.6 Å². The van der Waals surface area contributed by atoms with E-state index in [9.17, 15) is 18.0 Å². The third-order valence-corrected chi connectivity index (χ3v) is 4.02. The summed E-state index contributed by atoms with van der Waals surface area (Å²) in [5.74, 6) is 0.580. The molecule has 1 aliphatic rings. The second-order valence-electron chi connectivity index (χ2n) is 6.29. The minimum Gasteiger partial charge on any atom is -0.508 e. The number of phenolic OH excluding ortho intramolecular Hbond substituents is 1. The van der Waals surface area contributed by atoms with E-state index in [4.69, 9.17) is 9.90 Å². The van der Waals surface area contributed by atoms with Crippen molar-refractivity contribution in [3.8, 4) is 5.75 Å². The fraction of sp³-hybridized carbons (Fsp3) is 0.579. The van der Waals surface area contributed by atoms with Crippen LogP contribution in [-0.2, 0) is 15.8 Å². The number of carbonyl (C=O) groups is 2. The molecule has 0 bridgehead atoms. The molecule has 154 valence electrons. The van der Waals surface area contributed by atoms with Crippen molar-refractivity contribution < 1.29 is 27.9 Å². The molecule has 2 rings (SSSR count). The molecule has 0 heterocycles. The molecule has 0 saturated heterocycles. The maximum Gasteiger partial charge on any atom is 0.416 e. The molecule has 1 aromatic rings. The van der Waals surface area contributed by atoms with E-state index in [2.05, 4.69) is 17.6 Å². The molecule has 5 nitrogen and oxygen atoms in total. The van der Waals surface area contributed by atoms with Crippen LogP contribution in [-0.4, -0.2) is 36.9 Å². The van der Waals surface area contributed by atoms with Crippen molar-refractivity contribution >= 4 is 12.2 Å².